The summed E-state index contributed by atoms with van der Waals surface area (Å²) < 4.78 is 2.03. The van der Waals surface area contributed by atoms with E-state index in [-0.39, 0.29) is 0 Å². The topological polar surface area (TPSA) is 0 Å². The fourth-order valence-corrected chi connectivity index (χ4v) is 2.98. The van der Waals surface area contributed by atoms with Gasteiger partial charge in [-0.1, -0.05) is 68.9 Å². The zero-order valence-corrected chi connectivity index (χ0v) is 10.9. The van der Waals surface area contributed by atoms with E-state index in [0.717, 1.165) is 13.9 Å². The van der Waals surface area contributed by atoms with E-state index in [9.17, 15) is 0 Å². The van der Waals surface area contributed by atoms with Gasteiger partial charge in [0, 0.05) is 13.9 Å². The zero-order chi connectivity index (χ0) is 8.27. The number of alkyl halides is 2. The lowest BCUT2D eigenvalue weighted by atomic mass is 10.1. The highest BCUT2D eigenvalue weighted by atomic mass is 127. The number of hydrogen-bond donors (Lipinski definition) is 0. The second kappa shape index (κ2) is 4.87. The number of rotatable bonds is 2. The molecule has 0 unspecified atom stereocenters. The van der Waals surface area contributed by atoms with Crippen molar-refractivity contribution < 1.29 is 0 Å². The van der Waals surface area contributed by atoms with Gasteiger partial charge < -0.3 is 0 Å². The molecule has 0 fully saturated rings. The molecule has 0 atom stereocenters. The van der Waals surface area contributed by atoms with Crippen molar-refractivity contribution in [1.82, 2.24) is 0 Å². The molecule has 1 aromatic rings. The van der Waals surface area contributed by atoms with Crippen molar-refractivity contribution >= 4 is 56.8 Å². The maximum Gasteiger partial charge on any atom is 0.0448 e. The summed E-state index contributed by atoms with van der Waals surface area (Å²) in [5, 5.41) is 0.897. The Hall–Kier alpha value is 0.970. The highest BCUT2D eigenvalue weighted by Gasteiger charge is 2.02. The SMILES string of the molecule is Clc1cccc(CI)c1CI. The molecule has 0 aromatic heterocycles. The average molecular weight is 392 g/mol. The third-order valence-electron chi connectivity index (χ3n) is 1.49. The molecule has 0 saturated heterocycles. The first-order valence-corrected chi connectivity index (χ1v) is 6.60. The van der Waals surface area contributed by atoms with Crippen LogP contribution in [0.15, 0.2) is 18.2 Å². The van der Waals surface area contributed by atoms with Crippen molar-refractivity contribution in [1.29, 1.82) is 0 Å². The number of benzene rings is 1. The van der Waals surface area contributed by atoms with Crippen molar-refractivity contribution in [3.05, 3.63) is 34.3 Å². The van der Waals surface area contributed by atoms with Crippen LogP contribution in [-0.2, 0) is 8.86 Å². The van der Waals surface area contributed by atoms with E-state index in [0.29, 0.717) is 0 Å². The molecule has 11 heavy (non-hydrogen) atoms. The van der Waals surface area contributed by atoms with Gasteiger partial charge in [-0.15, -0.1) is 0 Å². The Morgan fingerprint density at radius 3 is 2.36 bits per heavy atom. The summed E-state index contributed by atoms with van der Waals surface area (Å²) >= 11 is 10.7. The Bertz CT molecular complexity index is 248. The van der Waals surface area contributed by atoms with Gasteiger partial charge in [-0.25, -0.2) is 0 Å². The van der Waals surface area contributed by atoms with Crippen molar-refractivity contribution in [2.45, 2.75) is 8.86 Å². The molecule has 0 radical (unpaired) electrons. The van der Waals surface area contributed by atoms with Gasteiger partial charge >= 0.3 is 0 Å². The highest BCUT2D eigenvalue weighted by molar-refractivity contribution is 14.1. The Kier molecular flexibility index (Phi) is 4.45. The molecule has 0 amide bonds. The maximum atomic E-state index is 6.00. The van der Waals surface area contributed by atoms with Crippen LogP contribution in [0.3, 0.4) is 0 Å². The predicted octanol–water partition coefficient (Wildman–Crippen LogP) is 4.21. The minimum atomic E-state index is 0.897. The molecule has 0 aliphatic heterocycles. The molecule has 0 aliphatic carbocycles. The minimum Gasteiger partial charge on any atom is -0.0840 e. The first kappa shape index (κ1) is 10.1. The van der Waals surface area contributed by atoms with Gasteiger partial charge in [0.25, 0.3) is 0 Å². The molecule has 0 aliphatic rings. The lowest BCUT2D eigenvalue weighted by Gasteiger charge is -2.04. The van der Waals surface area contributed by atoms with Gasteiger partial charge in [0.05, 0.1) is 0 Å². The van der Waals surface area contributed by atoms with Crippen LogP contribution >= 0.6 is 56.8 Å². The van der Waals surface area contributed by atoms with Crippen molar-refractivity contribution in [2.24, 2.45) is 0 Å². The van der Waals surface area contributed by atoms with Crippen LogP contribution in [0.1, 0.15) is 11.1 Å². The number of hydrogen-bond acceptors (Lipinski definition) is 0. The Labute approximate surface area is 99.0 Å². The molecule has 1 aromatic carbocycles. The van der Waals surface area contributed by atoms with Crippen LogP contribution in [0.2, 0.25) is 5.02 Å². The quantitative estimate of drug-likeness (QED) is 0.523. The molecule has 60 valence electrons. The summed E-state index contributed by atoms with van der Waals surface area (Å²) in [6, 6.07) is 6.09. The third-order valence-corrected chi connectivity index (χ3v) is 3.43. The molecule has 1 rings (SSSR count). The van der Waals surface area contributed by atoms with Gasteiger partial charge in [-0.05, 0) is 17.2 Å². The van der Waals surface area contributed by atoms with Crippen LogP contribution < -0.4 is 0 Å². The van der Waals surface area contributed by atoms with E-state index in [1.807, 2.05) is 12.1 Å². The summed E-state index contributed by atoms with van der Waals surface area (Å²) in [6.45, 7) is 0. The molecular formula is C8H7ClI2. The summed E-state index contributed by atoms with van der Waals surface area (Å²) in [6.07, 6.45) is 0. The summed E-state index contributed by atoms with van der Waals surface area (Å²) in [4.78, 5) is 0. The molecule has 0 bridgehead atoms. The van der Waals surface area contributed by atoms with Crippen molar-refractivity contribution in [2.75, 3.05) is 0 Å². The van der Waals surface area contributed by atoms with E-state index in [2.05, 4.69) is 51.2 Å². The fourth-order valence-electron chi connectivity index (χ4n) is 0.878. The van der Waals surface area contributed by atoms with Crippen LogP contribution in [0.25, 0.3) is 0 Å². The molecular weight excluding hydrogens is 385 g/mol. The van der Waals surface area contributed by atoms with E-state index in [1.54, 1.807) is 0 Å². The van der Waals surface area contributed by atoms with Crippen LogP contribution in [0, 0.1) is 0 Å². The van der Waals surface area contributed by atoms with Crippen LogP contribution in [-0.4, -0.2) is 0 Å². The highest BCUT2D eigenvalue weighted by Crippen LogP contribution is 2.24. The monoisotopic (exact) mass is 392 g/mol. The summed E-state index contributed by atoms with van der Waals surface area (Å²) in [5.74, 6) is 0. The smallest absolute Gasteiger partial charge is 0.0448 e. The summed E-state index contributed by atoms with van der Waals surface area (Å²) in [5.41, 5.74) is 2.64. The van der Waals surface area contributed by atoms with E-state index < -0.39 is 0 Å². The number of halogens is 3. The molecule has 0 N–H and O–H groups in total. The third kappa shape index (κ3) is 2.45. The molecule has 0 nitrogen and oxygen atoms in total. The first-order chi connectivity index (χ1) is 5.29. The Morgan fingerprint density at radius 2 is 1.91 bits per heavy atom. The first-order valence-electron chi connectivity index (χ1n) is 3.17. The van der Waals surface area contributed by atoms with E-state index in [1.165, 1.54) is 11.1 Å². The van der Waals surface area contributed by atoms with Gasteiger partial charge in [-0.2, -0.15) is 0 Å². The molecule has 0 heterocycles. The second-order valence-electron chi connectivity index (χ2n) is 2.14. The normalized spacial score (nSPS) is 10.1. The van der Waals surface area contributed by atoms with Crippen molar-refractivity contribution in [3.63, 3.8) is 0 Å². The maximum absolute atomic E-state index is 6.00. The predicted molar refractivity (Wildman–Crippen MR) is 66.9 cm³/mol. The minimum absolute atomic E-state index is 0.897. The fraction of sp³-hybridized carbons (Fsp3) is 0.250. The molecule has 3 heteroatoms. The van der Waals surface area contributed by atoms with E-state index >= 15 is 0 Å². The lowest BCUT2D eigenvalue weighted by molar-refractivity contribution is 1.32. The Morgan fingerprint density at radius 1 is 1.18 bits per heavy atom. The van der Waals surface area contributed by atoms with Gasteiger partial charge in [0.15, 0.2) is 0 Å². The molecule has 0 spiro atoms. The second-order valence-corrected chi connectivity index (χ2v) is 4.08. The van der Waals surface area contributed by atoms with Gasteiger partial charge in [0.1, 0.15) is 0 Å². The van der Waals surface area contributed by atoms with Crippen LogP contribution in [0.4, 0.5) is 0 Å². The summed E-state index contributed by atoms with van der Waals surface area (Å²) in [7, 11) is 0. The average Bonchev–Trinajstić information content (AvgIpc) is 2.04. The van der Waals surface area contributed by atoms with Gasteiger partial charge in [-0.3, -0.25) is 0 Å². The zero-order valence-electron chi connectivity index (χ0n) is 5.78. The Balaban J connectivity index is 3.13. The standard InChI is InChI=1S/C8H7ClI2/c9-8-3-1-2-6(4-10)7(8)5-11/h1-3H,4-5H2. The van der Waals surface area contributed by atoms with E-state index in [4.69, 9.17) is 11.6 Å². The lowest BCUT2D eigenvalue weighted by Crippen LogP contribution is -1.87. The molecule has 0 saturated carbocycles. The van der Waals surface area contributed by atoms with Crippen molar-refractivity contribution in [3.8, 4) is 0 Å². The van der Waals surface area contributed by atoms with Gasteiger partial charge in [0.2, 0.25) is 0 Å². The van der Waals surface area contributed by atoms with Crippen LogP contribution in [0.5, 0.6) is 0 Å². The largest absolute Gasteiger partial charge is 0.0840 e.